The number of hydrogen-bond donors (Lipinski definition) is 1. The van der Waals surface area contributed by atoms with Gasteiger partial charge in [-0.1, -0.05) is 19.4 Å². The smallest absolute Gasteiger partial charge is 0.130 e. The lowest BCUT2D eigenvalue weighted by molar-refractivity contribution is 0.149. The van der Waals surface area contributed by atoms with E-state index in [1.807, 2.05) is 6.20 Å². The third-order valence-electron chi connectivity index (χ3n) is 4.22. The largest absolute Gasteiger partial charge is 0.326 e. The Hall–Kier alpha value is -1.39. The van der Waals surface area contributed by atoms with Crippen LogP contribution in [0.1, 0.15) is 43.6 Å². The van der Waals surface area contributed by atoms with Gasteiger partial charge in [0.1, 0.15) is 5.82 Å². The van der Waals surface area contributed by atoms with Crippen molar-refractivity contribution in [3.05, 3.63) is 35.9 Å². The van der Waals surface area contributed by atoms with Crippen LogP contribution in [0.15, 0.2) is 24.5 Å². The summed E-state index contributed by atoms with van der Waals surface area (Å²) in [7, 11) is 0. The summed E-state index contributed by atoms with van der Waals surface area (Å²) in [5, 5.41) is 0. The first-order valence-electron chi connectivity index (χ1n) is 7.24. The molecule has 0 aliphatic carbocycles. The quantitative estimate of drug-likeness (QED) is 0.919. The van der Waals surface area contributed by atoms with E-state index in [4.69, 9.17) is 10.7 Å². The topological polar surface area (TPSA) is 46.6 Å². The molecule has 2 N–H and O–H groups in total. The van der Waals surface area contributed by atoms with E-state index in [9.17, 15) is 0 Å². The Balaban J connectivity index is 2.05. The number of rotatable bonds is 3. The molecule has 3 rings (SSSR count). The molecule has 1 atom stereocenters. The Morgan fingerprint density at radius 2 is 2.32 bits per heavy atom. The predicted molar refractivity (Wildman–Crippen MR) is 76.9 cm³/mol. The number of likely N-dealkylation sites (tertiary alicyclic amines) is 1. The molecule has 1 unspecified atom stereocenters. The van der Waals surface area contributed by atoms with Crippen molar-refractivity contribution in [3.8, 4) is 0 Å². The number of imidazole rings is 1. The standard InChI is InChI=1S/C15H22N4/c1-2-18-8-4-3-7-13(18)15-17-11-14-12(10-16)6-5-9-19(14)15/h5-6,9,11,13H,2-4,7-8,10,16H2,1H3. The van der Waals surface area contributed by atoms with Crippen molar-refractivity contribution < 1.29 is 0 Å². The fourth-order valence-electron chi connectivity index (χ4n) is 3.18. The number of piperidine rings is 1. The molecule has 1 fully saturated rings. The summed E-state index contributed by atoms with van der Waals surface area (Å²) < 4.78 is 2.22. The van der Waals surface area contributed by atoms with Crippen LogP contribution in [-0.2, 0) is 6.54 Å². The van der Waals surface area contributed by atoms with Crippen LogP contribution >= 0.6 is 0 Å². The average Bonchev–Trinajstić information content (AvgIpc) is 2.90. The van der Waals surface area contributed by atoms with E-state index in [1.54, 1.807) is 0 Å². The SMILES string of the molecule is CCN1CCCCC1c1ncc2c(CN)cccn12. The van der Waals surface area contributed by atoms with E-state index >= 15 is 0 Å². The number of nitrogens with two attached hydrogens (primary N) is 1. The maximum atomic E-state index is 5.81. The first-order valence-corrected chi connectivity index (χ1v) is 7.24. The molecule has 2 aromatic rings. The lowest BCUT2D eigenvalue weighted by Crippen LogP contribution is -2.34. The Morgan fingerprint density at radius 3 is 3.11 bits per heavy atom. The first-order chi connectivity index (χ1) is 9.35. The highest BCUT2D eigenvalue weighted by Crippen LogP contribution is 2.30. The summed E-state index contributed by atoms with van der Waals surface area (Å²) in [6.07, 6.45) is 7.90. The van der Waals surface area contributed by atoms with Crippen molar-refractivity contribution in [2.24, 2.45) is 5.73 Å². The molecule has 2 aromatic heterocycles. The van der Waals surface area contributed by atoms with Crippen molar-refractivity contribution >= 4 is 5.52 Å². The first kappa shape index (κ1) is 12.6. The van der Waals surface area contributed by atoms with E-state index in [2.05, 4.69) is 34.6 Å². The van der Waals surface area contributed by atoms with Crippen LogP contribution in [0.3, 0.4) is 0 Å². The average molecular weight is 258 g/mol. The summed E-state index contributed by atoms with van der Waals surface area (Å²) in [6.45, 7) is 5.08. The lowest BCUT2D eigenvalue weighted by Gasteiger charge is -2.33. The molecule has 0 saturated carbocycles. The number of nitrogens with zero attached hydrogens (tertiary/aromatic N) is 3. The molecule has 0 aromatic carbocycles. The highest BCUT2D eigenvalue weighted by Gasteiger charge is 2.26. The summed E-state index contributed by atoms with van der Waals surface area (Å²) in [5.74, 6) is 1.17. The van der Waals surface area contributed by atoms with E-state index in [1.165, 1.54) is 37.2 Å². The van der Waals surface area contributed by atoms with Crippen molar-refractivity contribution in [1.82, 2.24) is 14.3 Å². The van der Waals surface area contributed by atoms with Crippen molar-refractivity contribution in [3.63, 3.8) is 0 Å². The van der Waals surface area contributed by atoms with Gasteiger partial charge in [0.15, 0.2) is 0 Å². The summed E-state index contributed by atoms with van der Waals surface area (Å²) in [5.41, 5.74) is 8.13. The summed E-state index contributed by atoms with van der Waals surface area (Å²) in [6, 6.07) is 4.60. The molecule has 0 amide bonds. The fourth-order valence-corrected chi connectivity index (χ4v) is 3.18. The molecule has 3 heterocycles. The molecule has 0 radical (unpaired) electrons. The highest BCUT2D eigenvalue weighted by atomic mass is 15.2. The zero-order chi connectivity index (χ0) is 13.2. The zero-order valence-corrected chi connectivity index (χ0v) is 11.5. The molecule has 1 aliphatic rings. The molecule has 4 heteroatoms. The Labute approximate surface area is 114 Å². The van der Waals surface area contributed by atoms with Gasteiger partial charge in [0.2, 0.25) is 0 Å². The van der Waals surface area contributed by atoms with Crippen LogP contribution < -0.4 is 5.73 Å². The number of hydrogen-bond acceptors (Lipinski definition) is 3. The second kappa shape index (κ2) is 5.31. The number of aromatic nitrogens is 2. The zero-order valence-electron chi connectivity index (χ0n) is 11.5. The van der Waals surface area contributed by atoms with E-state index in [0.717, 1.165) is 12.1 Å². The van der Waals surface area contributed by atoms with Gasteiger partial charge < -0.3 is 10.1 Å². The molecule has 19 heavy (non-hydrogen) atoms. The lowest BCUT2D eigenvalue weighted by atomic mass is 10.0. The normalized spacial score (nSPS) is 21.1. The van der Waals surface area contributed by atoms with Gasteiger partial charge in [0, 0.05) is 12.7 Å². The molecular formula is C15H22N4. The van der Waals surface area contributed by atoms with Gasteiger partial charge in [0.05, 0.1) is 17.8 Å². The molecular weight excluding hydrogens is 236 g/mol. The van der Waals surface area contributed by atoms with Crippen LogP contribution in [0.4, 0.5) is 0 Å². The van der Waals surface area contributed by atoms with Crippen molar-refractivity contribution in [2.45, 2.75) is 38.8 Å². The highest BCUT2D eigenvalue weighted by molar-refractivity contribution is 5.54. The molecule has 102 valence electrons. The molecule has 0 bridgehead atoms. The second-order valence-electron chi connectivity index (χ2n) is 5.25. The Bertz CT molecular complexity index is 560. The Kier molecular flexibility index (Phi) is 3.53. The van der Waals surface area contributed by atoms with Gasteiger partial charge in [-0.2, -0.15) is 0 Å². The van der Waals surface area contributed by atoms with Crippen molar-refractivity contribution in [1.29, 1.82) is 0 Å². The van der Waals surface area contributed by atoms with E-state index < -0.39 is 0 Å². The molecule has 0 spiro atoms. The minimum atomic E-state index is 0.453. The van der Waals surface area contributed by atoms with Gasteiger partial charge in [-0.05, 0) is 37.6 Å². The van der Waals surface area contributed by atoms with Crippen LogP contribution in [-0.4, -0.2) is 27.4 Å². The van der Waals surface area contributed by atoms with Crippen LogP contribution in [0.2, 0.25) is 0 Å². The second-order valence-corrected chi connectivity index (χ2v) is 5.25. The number of pyridine rings is 1. The molecule has 1 saturated heterocycles. The van der Waals surface area contributed by atoms with Crippen LogP contribution in [0.25, 0.3) is 5.52 Å². The summed E-state index contributed by atoms with van der Waals surface area (Å²) in [4.78, 5) is 7.23. The van der Waals surface area contributed by atoms with E-state index in [-0.39, 0.29) is 0 Å². The van der Waals surface area contributed by atoms with Gasteiger partial charge in [-0.25, -0.2) is 4.98 Å². The monoisotopic (exact) mass is 258 g/mol. The maximum absolute atomic E-state index is 5.81. The third kappa shape index (κ3) is 2.15. The van der Waals surface area contributed by atoms with E-state index in [0.29, 0.717) is 12.6 Å². The van der Waals surface area contributed by atoms with Crippen molar-refractivity contribution in [2.75, 3.05) is 13.1 Å². The number of fused-ring (bicyclic) bond motifs is 1. The minimum Gasteiger partial charge on any atom is -0.326 e. The van der Waals surface area contributed by atoms with Gasteiger partial charge >= 0.3 is 0 Å². The van der Waals surface area contributed by atoms with Crippen LogP contribution in [0, 0.1) is 0 Å². The summed E-state index contributed by atoms with van der Waals surface area (Å²) >= 11 is 0. The molecule has 4 nitrogen and oxygen atoms in total. The van der Waals surface area contributed by atoms with Crippen LogP contribution in [0.5, 0.6) is 0 Å². The van der Waals surface area contributed by atoms with Gasteiger partial charge in [-0.15, -0.1) is 0 Å². The molecule has 1 aliphatic heterocycles. The maximum Gasteiger partial charge on any atom is 0.130 e. The Morgan fingerprint density at radius 1 is 1.42 bits per heavy atom. The third-order valence-corrected chi connectivity index (χ3v) is 4.22. The fraction of sp³-hybridized carbons (Fsp3) is 0.533. The predicted octanol–water partition coefficient (Wildman–Crippen LogP) is 2.34. The van der Waals surface area contributed by atoms with Gasteiger partial charge in [0.25, 0.3) is 0 Å². The minimum absolute atomic E-state index is 0.453. The van der Waals surface area contributed by atoms with Gasteiger partial charge in [-0.3, -0.25) is 4.90 Å².